The third-order valence-corrected chi connectivity index (χ3v) is 3.89. The number of hydrogen-bond donors (Lipinski definition) is 1. The topological polar surface area (TPSA) is 98.2 Å². The van der Waals surface area contributed by atoms with Gasteiger partial charge >= 0.3 is 5.69 Å². The average molecular weight is 265 g/mol. The van der Waals surface area contributed by atoms with Crippen LogP contribution in [0.4, 0.5) is 17.5 Å². The van der Waals surface area contributed by atoms with Gasteiger partial charge in [-0.3, -0.25) is 10.1 Å². The van der Waals surface area contributed by atoms with Gasteiger partial charge in [-0.05, 0) is 32.6 Å². The van der Waals surface area contributed by atoms with Crippen molar-refractivity contribution in [3.8, 4) is 0 Å². The van der Waals surface area contributed by atoms with Crippen LogP contribution in [0.5, 0.6) is 0 Å². The van der Waals surface area contributed by atoms with Crippen LogP contribution in [0.15, 0.2) is 0 Å². The molecular formula is C12H19N5O2. The fourth-order valence-corrected chi connectivity index (χ4v) is 2.62. The second-order valence-corrected chi connectivity index (χ2v) is 5.15. The Morgan fingerprint density at radius 2 is 2.11 bits per heavy atom. The molecular weight excluding hydrogens is 246 g/mol. The summed E-state index contributed by atoms with van der Waals surface area (Å²) in [6.07, 6.45) is 2.14. The molecule has 2 heterocycles. The quantitative estimate of drug-likeness (QED) is 0.647. The van der Waals surface area contributed by atoms with Crippen LogP contribution in [-0.2, 0) is 0 Å². The van der Waals surface area contributed by atoms with Crippen molar-refractivity contribution in [3.05, 3.63) is 15.8 Å². The van der Waals surface area contributed by atoms with Gasteiger partial charge in [0.05, 0.1) is 4.92 Å². The third kappa shape index (κ3) is 2.45. The minimum Gasteiger partial charge on any atom is -0.368 e. The number of nitrogens with zero attached hydrogens (tertiary/aromatic N) is 4. The Morgan fingerprint density at radius 1 is 1.42 bits per heavy atom. The molecule has 7 nitrogen and oxygen atoms in total. The highest BCUT2D eigenvalue weighted by Crippen LogP contribution is 2.34. The average Bonchev–Trinajstić information content (AvgIpc) is 2.31. The Morgan fingerprint density at radius 3 is 2.74 bits per heavy atom. The predicted octanol–water partition coefficient (Wildman–Crippen LogP) is 1.90. The number of nitrogen functional groups attached to an aromatic ring is 1. The van der Waals surface area contributed by atoms with Crippen molar-refractivity contribution in [2.24, 2.45) is 5.92 Å². The maximum Gasteiger partial charge on any atom is 0.332 e. The number of rotatable bonds is 2. The number of nitro groups is 1. The summed E-state index contributed by atoms with van der Waals surface area (Å²) in [4.78, 5) is 20.8. The number of piperidine rings is 1. The highest BCUT2D eigenvalue weighted by Gasteiger charge is 2.32. The third-order valence-electron chi connectivity index (χ3n) is 3.89. The smallest absolute Gasteiger partial charge is 0.332 e. The fraction of sp³-hybridized carbons (Fsp3) is 0.667. The molecule has 0 aromatic carbocycles. The molecule has 2 N–H and O–H groups in total. The zero-order valence-electron chi connectivity index (χ0n) is 11.5. The number of aromatic nitrogens is 2. The van der Waals surface area contributed by atoms with E-state index < -0.39 is 4.92 Å². The number of aryl methyl sites for hydroxylation is 1. The van der Waals surface area contributed by atoms with Gasteiger partial charge in [0, 0.05) is 12.6 Å². The lowest BCUT2D eigenvalue weighted by Crippen LogP contribution is -2.43. The Kier molecular flexibility index (Phi) is 3.55. The first-order valence-corrected chi connectivity index (χ1v) is 6.47. The first kappa shape index (κ1) is 13.5. The van der Waals surface area contributed by atoms with Crippen molar-refractivity contribution >= 4 is 17.5 Å². The van der Waals surface area contributed by atoms with Gasteiger partial charge in [0.15, 0.2) is 0 Å². The predicted molar refractivity (Wildman–Crippen MR) is 73.0 cm³/mol. The lowest BCUT2D eigenvalue weighted by molar-refractivity contribution is -0.385. The summed E-state index contributed by atoms with van der Waals surface area (Å²) < 4.78 is 0. The van der Waals surface area contributed by atoms with E-state index in [1.54, 1.807) is 6.92 Å². The van der Waals surface area contributed by atoms with Gasteiger partial charge in [0.2, 0.25) is 11.8 Å². The maximum absolute atomic E-state index is 11.2. The van der Waals surface area contributed by atoms with Gasteiger partial charge in [-0.2, -0.15) is 4.98 Å². The van der Waals surface area contributed by atoms with Gasteiger partial charge in [0.1, 0.15) is 5.69 Å². The van der Waals surface area contributed by atoms with Crippen LogP contribution < -0.4 is 10.6 Å². The molecule has 1 aliphatic heterocycles. The Bertz CT molecular complexity index is 505. The second kappa shape index (κ2) is 4.99. The highest BCUT2D eigenvalue weighted by molar-refractivity contribution is 5.62. The van der Waals surface area contributed by atoms with Gasteiger partial charge < -0.3 is 10.6 Å². The Balaban J connectivity index is 2.51. The molecule has 104 valence electrons. The van der Waals surface area contributed by atoms with E-state index in [1.807, 2.05) is 4.90 Å². The summed E-state index contributed by atoms with van der Waals surface area (Å²) in [7, 11) is 0. The van der Waals surface area contributed by atoms with Crippen LogP contribution in [0.1, 0.15) is 32.4 Å². The molecule has 1 aromatic heterocycles. The SMILES string of the molecule is Cc1nc(N)nc(N2CCCC(C)C2C)c1[N+](=O)[O-]. The van der Waals surface area contributed by atoms with Crippen LogP contribution in [0.3, 0.4) is 0 Å². The second-order valence-electron chi connectivity index (χ2n) is 5.15. The molecule has 2 atom stereocenters. The van der Waals surface area contributed by atoms with Gasteiger partial charge in [-0.1, -0.05) is 6.92 Å². The zero-order chi connectivity index (χ0) is 14.2. The lowest BCUT2D eigenvalue weighted by Gasteiger charge is -2.38. The molecule has 1 saturated heterocycles. The van der Waals surface area contributed by atoms with Crippen molar-refractivity contribution in [1.29, 1.82) is 0 Å². The molecule has 0 aliphatic carbocycles. The van der Waals surface area contributed by atoms with Crippen LogP contribution >= 0.6 is 0 Å². The van der Waals surface area contributed by atoms with E-state index in [4.69, 9.17) is 5.73 Å². The van der Waals surface area contributed by atoms with E-state index in [0.717, 1.165) is 19.4 Å². The van der Waals surface area contributed by atoms with E-state index in [1.165, 1.54) is 0 Å². The van der Waals surface area contributed by atoms with E-state index in [-0.39, 0.29) is 17.7 Å². The van der Waals surface area contributed by atoms with E-state index in [0.29, 0.717) is 17.4 Å². The van der Waals surface area contributed by atoms with Crippen LogP contribution in [-0.4, -0.2) is 27.5 Å². The zero-order valence-corrected chi connectivity index (χ0v) is 11.5. The minimum atomic E-state index is -0.421. The standard InChI is InChI=1S/C12H19N5O2/c1-7-5-4-6-16(9(7)3)11-10(17(18)19)8(2)14-12(13)15-11/h7,9H,4-6H2,1-3H3,(H2,13,14,15). The molecule has 0 bridgehead atoms. The minimum absolute atomic E-state index is 0.0323. The molecule has 1 aliphatic rings. The van der Waals surface area contributed by atoms with Crippen molar-refractivity contribution < 1.29 is 4.92 Å². The largest absolute Gasteiger partial charge is 0.368 e. The van der Waals surface area contributed by atoms with E-state index in [9.17, 15) is 10.1 Å². The first-order chi connectivity index (χ1) is 8.91. The molecule has 7 heteroatoms. The Labute approximate surface area is 112 Å². The molecule has 0 saturated carbocycles. The molecule has 2 rings (SSSR count). The van der Waals surface area contributed by atoms with Gasteiger partial charge in [-0.25, -0.2) is 4.98 Å². The van der Waals surface area contributed by atoms with Gasteiger partial charge in [-0.15, -0.1) is 0 Å². The van der Waals surface area contributed by atoms with Crippen molar-refractivity contribution in [3.63, 3.8) is 0 Å². The summed E-state index contributed by atoms with van der Waals surface area (Å²) in [5, 5.41) is 11.2. The lowest BCUT2D eigenvalue weighted by atomic mass is 9.92. The maximum atomic E-state index is 11.2. The normalized spacial score (nSPS) is 23.4. The molecule has 2 unspecified atom stereocenters. The summed E-state index contributed by atoms with van der Waals surface area (Å²) in [6, 6.07) is 0.209. The van der Waals surface area contributed by atoms with Crippen molar-refractivity contribution in [2.45, 2.75) is 39.7 Å². The molecule has 1 aromatic rings. The Hall–Kier alpha value is -1.92. The van der Waals surface area contributed by atoms with E-state index in [2.05, 4.69) is 23.8 Å². The van der Waals surface area contributed by atoms with Crippen molar-refractivity contribution in [2.75, 3.05) is 17.2 Å². The molecule has 1 fully saturated rings. The fourth-order valence-electron chi connectivity index (χ4n) is 2.62. The molecule has 0 amide bonds. The number of nitrogens with two attached hydrogens (primary N) is 1. The summed E-state index contributed by atoms with van der Waals surface area (Å²) in [6.45, 7) is 6.58. The van der Waals surface area contributed by atoms with E-state index >= 15 is 0 Å². The summed E-state index contributed by atoms with van der Waals surface area (Å²) >= 11 is 0. The van der Waals surface area contributed by atoms with Crippen molar-refractivity contribution in [1.82, 2.24) is 9.97 Å². The van der Waals surface area contributed by atoms with Gasteiger partial charge in [0.25, 0.3) is 0 Å². The van der Waals surface area contributed by atoms with Crippen LogP contribution in [0, 0.1) is 23.0 Å². The van der Waals surface area contributed by atoms with Crippen LogP contribution in [0.25, 0.3) is 0 Å². The molecule has 0 radical (unpaired) electrons. The highest BCUT2D eigenvalue weighted by atomic mass is 16.6. The van der Waals surface area contributed by atoms with Crippen LogP contribution in [0.2, 0.25) is 0 Å². The first-order valence-electron chi connectivity index (χ1n) is 6.47. The summed E-state index contributed by atoms with van der Waals surface area (Å²) in [5.41, 5.74) is 5.93. The summed E-state index contributed by atoms with van der Waals surface area (Å²) in [5.74, 6) is 0.919. The number of hydrogen-bond acceptors (Lipinski definition) is 6. The monoisotopic (exact) mass is 265 g/mol. The number of anilines is 2. The molecule has 0 spiro atoms. The molecule has 19 heavy (non-hydrogen) atoms.